The molecule has 4 rings (SSSR count). The van der Waals surface area contributed by atoms with Crippen molar-refractivity contribution in [1.82, 2.24) is 24.8 Å². The van der Waals surface area contributed by atoms with Gasteiger partial charge in [0.2, 0.25) is 5.91 Å². The molecule has 3 aromatic heterocycles. The maximum atomic E-state index is 13.2. The van der Waals surface area contributed by atoms with Gasteiger partial charge in [0.1, 0.15) is 11.3 Å². The minimum absolute atomic E-state index is 0.0143. The van der Waals surface area contributed by atoms with Gasteiger partial charge in [-0.25, -0.2) is 4.98 Å². The number of amides is 1. The van der Waals surface area contributed by atoms with Crippen LogP contribution in [0.15, 0.2) is 66.1 Å². The molecule has 0 saturated carbocycles. The van der Waals surface area contributed by atoms with Crippen molar-refractivity contribution in [3.63, 3.8) is 0 Å². The monoisotopic (exact) mass is 411 g/mol. The molecule has 1 aliphatic rings. The van der Waals surface area contributed by atoms with E-state index in [9.17, 15) is 4.79 Å². The Morgan fingerprint density at radius 3 is 2.53 bits per heavy atom. The van der Waals surface area contributed by atoms with Gasteiger partial charge in [-0.15, -0.1) is 0 Å². The molecule has 30 heavy (non-hydrogen) atoms. The molecule has 9 heteroatoms. The van der Waals surface area contributed by atoms with Crippen LogP contribution < -0.4 is 5.32 Å². The fourth-order valence-corrected chi connectivity index (χ4v) is 3.69. The van der Waals surface area contributed by atoms with Crippen molar-refractivity contribution < 1.29 is 19.1 Å². The van der Waals surface area contributed by atoms with Crippen molar-refractivity contribution in [1.29, 1.82) is 0 Å². The van der Waals surface area contributed by atoms with E-state index in [2.05, 4.69) is 20.2 Å². The number of pyridine rings is 1. The SMILES string of the molecule is O=C(NCc1ccco1)C1(n2ccnc2)CCN(Cc2ccncc2)CC1.O=CO. The normalized spacial score (nSPS) is 15.6. The molecule has 0 aliphatic carbocycles. The zero-order valence-electron chi connectivity index (χ0n) is 16.6. The smallest absolute Gasteiger partial charge is 0.290 e. The summed E-state index contributed by atoms with van der Waals surface area (Å²) < 4.78 is 7.28. The minimum atomic E-state index is -0.613. The first kappa shape index (κ1) is 21.3. The first-order valence-corrected chi connectivity index (χ1v) is 9.66. The summed E-state index contributed by atoms with van der Waals surface area (Å²) in [5.74, 6) is 0.764. The number of imidazole rings is 1. The van der Waals surface area contributed by atoms with Gasteiger partial charge >= 0.3 is 0 Å². The van der Waals surface area contributed by atoms with E-state index in [4.69, 9.17) is 14.3 Å². The second kappa shape index (κ2) is 10.4. The number of nitrogens with one attached hydrogen (secondary N) is 1. The zero-order valence-corrected chi connectivity index (χ0v) is 16.6. The molecule has 158 valence electrons. The van der Waals surface area contributed by atoms with Crippen LogP contribution in [0.3, 0.4) is 0 Å². The molecule has 0 unspecified atom stereocenters. The van der Waals surface area contributed by atoms with Crippen LogP contribution in [0.4, 0.5) is 0 Å². The Morgan fingerprint density at radius 2 is 1.93 bits per heavy atom. The number of hydrogen-bond donors (Lipinski definition) is 2. The molecular formula is C21H25N5O4. The largest absolute Gasteiger partial charge is 0.483 e. The number of furan rings is 1. The van der Waals surface area contributed by atoms with E-state index in [1.165, 1.54) is 5.56 Å². The van der Waals surface area contributed by atoms with Gasteiger partial charge < -0.3 is 19.4 Å². The third kappa shape index (κ3) is 5.12. The summed E-state index contributed by atoms with van der Waals surface area (Å²) in [6.45, 7) is 2.70. The van der Waals surface area contributed by atoms with Gasteiger partial charge in [0.05, 0.1) is 19.1 Å². The van der Waals surface area contributed by atoms with E-state index >= 15 is 0 Å². The molecular weight excluding hydrogens is 386 g/mol. The lowest BCUT2D eigenvalue weighted by molar-refractivity contribution is -0.133. The van der Waals surface area contributed by atoms with Crippen molar-refractivity contribution in [2.75, 3.05) is 13.1 Å². The molecule has 0 aromatic carbocycles. The van der Waals surface area contributed by atoms with Crippen LogP contribution in [-0.2, 0) is 28.2 Å². The third-order valence-corrected chi connectivity index (χ3v) is 5.26. The Hall–Kier alpha value is -3.46. The Balaban J connectivity index is 0.000000806. The highest BCUT2D eigenvalue weighted by molar-refractivity contribution is 5.84. The fourth-order valence-electron chi connectivity index (χ4n) is 3.69. The van der Waals surface area contributed by atoms with E-state index in [0.29, 0.717) is 6.54 Å². The maximum Gasteiger partial charge on any atom is 0.290 e. The number of likely N-dealkylation sites (tertiary alicyclic amines) is 1. The van der Waals surface area contributed by atoms with E-state index in [1.807, 2.05) is 47.4 Å². The highest BCUT2D eigenvalue weighted by atomic mass is 16.3. The van der Waals surface area contributed by atoms with Crippen molar-refractivity contribution in [3.8, 4) is 0 Å². The Labute approximate surface area is 174 Å². The average Bonchev–Trinajstić information content (AvgIpc) is 3.49. The number of carboxylic acid groups (broad SMARTS) is 1. The molecule has 4 heterocycles. The molecule has 1 amide bonds. The number of aromatic nitrogens is 3. The lowest BCUT2D eigenvalue weighted by Gasteiger charge is -2.41. The van der Waals surface area contributed by atoms with Crippen molar-refractivity contribution in [2.24, 2.45) is 0 Å². The van der Waals surface area contributed by atoms with E-state index in [1.54, 1.807) is 18.8 Å². The van der Waals surface area contributed by atoms with Crippen LogP contribution in [0.2, 0.25) is 0 Å². The number of piperidine rings is 1. The standard InChI is InChI=1S/C20H23N5O2.CH2O2/c26-19(23-14-18-2-1-13-27-18)20(25-12-9-22-16-25)5-10-24(11-6-20)15-17-3-7-21-8-4-17;2-1-3/h1-4,7-9,12-13,16H,5-6,10-11,14-15H2,(H,23,26);1H,(H,2,3). The lowest BCUT2D eigenvalue weighted by atomic mass is 9.85. The number of hydrogen-bond acceptors (Lipinski definition) is 6. The summed E-state index contributed by atoms with van der Waals surface area (Å²) in [6.07, 6.45) is 12.1. The van der Waals surface area contributed by atoms with Gasteiger partial charge in [-0.05, 0) is 42.7 Å². The van der Waals surface area contributed by atoms with Crippen molar-refractivity contribution >= 4 is 12.4 Å². The van der Waals surface area contributed by atoms with Crippen LogP contribution in [-0.4, -0.2) is 50.0 Å². The highest BCUT2D eigenvalue weighted by Crippen LogP contribution is 2.31. The van der Waals surface area contributed by atoms with Gasteiger partial charge in [-0.2, -0.15) is 0 Å². The Kier molecular flexibility index (Phi) is 7.34. The topological polar surface area (TPSA) is 113 Å². The maximum absolute atomic E-state index is 13.2. The van der Waals surface area contributed by atoms with Gasteiger partial charge in [0, 0.05) is 44.4 Å². The summed E-state index contributed by atoms with van der Waals surface area (Å²) >= 11 is 0. The summed E-state index contributed by atoms with van der Waals surface area (Å²) in [5.41, 5.74) is 0.625. The van der Waals surface area contributed by atoms with Crippen LogP contribution in [0.1, 0.15) is 24.2 Å². The fraction of sp³-hybridized carbons (Fsp3) is 0.333. The van der Waals surface area contributed by atoms with Crippen LogP contribution in [0.25, 0.3) is 0 Å². The zero-order chi connectivity index (χ0) is 21.2. The molecule has 1 fully saturated rings. The average molecular weight is 411 g/mol. The first-order chi connectivity index (χ1) is 14.7. The van der Waals surface area contributed by atoms with Crippen molar-refractivity contribution in [2.45, 2.75) is 31.5 Å². The molecule has 3 aromatic rings. The van der Waals surface area contributed by atoms with Gasteiger partial charge in [-0.1, -0.05) is 0 Å². The molecule has 0 atom stereocenters. The highest BCUT2D eigenvalue weighted by Gasteiger charge is 2.42. The Morgan fingerprint density at radius 1 is 1.20 bits per heavy atom. The second-order valence-corrected chi connectivity index (χ2v) is 7.00. The van der Waals surface area contributed by atoms with Gasteiger partial charge in [-0.3, -0.25) is 19.5 Å². The van der Waals surface area contributed by atoms with Crippen LogP contribution in [0, 0.1) is 0 Å². The predicted octanol–water partition coefficient (Wildman–Crippen LogP) is 1.88. The number of rotatable bonds is 6. The molecule has 1 aliphatic heterocycles. The molecule has 0 radical (unpaired) electrons. The molecule has 2 N–H and O–H groups in total. The molecule has 0 spiro atoms. The number of carbonyl (C=O) groups excluding carboxylic acids is 1. The molecule has 9 nitrogen and oxygen atoms in total. The van der Waals surface area contributed by atoms with E-state index < -0.39 is 5.54 Å². The summed E-state index contributed by atoms with van der Waals surface area (Å²) in [4.78, 5) is 32.1. The lowest BCUT2D eigenvalue weighted by Crippen LogP contribution is -2.54. The van der Waals surface area contributed by atoms with E-state index in [0.717, 1.165) is 38.2 Å². The summed E-state index contributed by atoms with van der Waals surface area (Å²) in [5, 5.41) is 9.93. The van der Waals surface area contributed by atoms with Crippen LogP contribution >= 0.6 is 0 Å². The quantitative estimate of drug-likeness (QED) is 0.595. The van der Waals surface area contributed by atoms with Crippen molar-refractivity contribution in [3.05, 3.63) is 73.0 Å². The number of nitrogens with zero attached hydrogens (tertiary/aromatic N) is 4. The number of carbonyl (C=O) groups is 2. The first-order valence-electron chi connectivity index (χ1n) is 9.66. The van der Waals surface area contributed by atoms with Gasteiger partial charge in [0.15, 0.2) is 0 Å². The van der Waals surface area contributed by atoms with Crippen LogP contribution in [0.5, 0.6) is 0 Å². The van der Waals surface area contributed by atoms with Gasteiger partial charge in [0.25, 0.3) is 6.47 Å². The Bertz CT molecular complexity index is 889. The summed E-state index contributed by atoms with van der Waals surface area (Å²) in [6, 6.07) is 7.76. The predicted molar refractivity (Wildman–Crippen MR) is 108 cm³/mol. The van der Waals surface area contributed by atoms with E-state index in [-0.39, 0.29) is 12.4 Å². The molecule has 1 saturated heterocycles. The third-order valence-electron chi connectivity index (χ3n) is 5.26. The minimum Gasteiger partial charge on any atom is -0.483 e. The summed E-state index contributed by atoms with van der Waals surface area (Å²) in [7, 11) is 0. The second-order valence-electron chi connectivity index (χ2n) is 7.00. The molecule has 0 bridgehead atoms.